The fraction of sp³-hybridized carbons (Fsp3) is 0.278. The second-order valence-electron chi connectivity index (χ2n) is 5.83. The minimum atomic E-state index is -3.55. The molecule has 2 aromatic rings. The molecule has 0 fully saturated rings. The monoisotopic (exact) mass is 346 g/mol. The largest absolute Gasteiger partial charge is 0.497 e. The van der Waals surface area contributed by atoms with E-state index in [-0.39, 0.29) is 23.0 Å². The number of sulfone groups is 1. The summed E-state index contributed by atoms with van der Waals surface area (Å²) in [4.78, 5) is 12.8. The number of methoxy groups -OCH3 is 1. The number of hydrogen-bond donors (Lipinski definition) is 0. The molecule has 0 aliphatic carbocycles. The molecule has 1 aliphatic rings. The average molecular weight is 346 g/mol. The van der Waals surface area contributed by atoms with Crippen molar-refractivity contribution < 1.29 is 22.7 Å². The molecule has 5 nitrogen and oxygen atoms in total. The van der Waals surface area contributed by atoms with E-state index in [1.54, 1.807) is 42.5 Å². The number of ether oxygens (including phenoxy) is 2. The van der Waals surface area contributed by atoms with E-state index in [4.69, 9.17) is 9.47 Å². The summed E-state index contributed by atoms with van der Waals surface area (Å²) < 4.78 is 35.8. The third kappa shape index (κ3) is 3.14. The summed E-state index contributed by atoms with van der Waals surface area (Å²) in [7, 11) is -2.02. The molecule has 0 saturated heterocycles. The van der Waals surface area contributed by atoms with Crippen LogP contribution in [0.1, 0.15) is 15.9 Å². The Labute approximate surface area is 141 Å². The summed E-state index contributed by atoms with van der Waals surface area (Å²) in [5.74, 6) is -0.164. The molecule has 1 aliphatic heterocycles. The molecule has 0 amide bonds. The van der Waals surface area contributed by atoms with Crippen molar-refractivity contribution in [2.75, 3.05) is 19.5 Å². The van der Waals surface area contributed by atoms with Gasteiger partial charge in [0.25, 0.3) is 0 Å². The first kappa shape index (κ1) is 16.5. The number of ketones is 1. The zero-order chi connectivity index (χ0) is 17.3. The second kappa shape index (κ2) is 6.28. The third-order valence-corrected chi connectivity index (χ3v) is 5.90. The SMILES string of the molecule is COc1ccc2c(c1)OC[C@H](CS(=O)(=O)c1ccc(C)cc1)C2=O. The van der Waals surface area contributed by atoms with Crippen molar-refractivity contribution in [3.63, 3.8) is 0 Å². The lowest BCUT2D eigenvalue weighted by molar-refractivity contribution is 0.0851. The van der Waals surface area contributed by atoms with E-state index in [9.17, 15) is 13.2 Å². The fourth-order valence-electron chi connectivity index (χ4n) is 2.67. The van der Waals surface area contributed by atoms with Gasteiger partial charge in [-0.2, -0.15) is 0 Å². The van der Waals surface area contributed by atoms with Crippen LogP contribution < -0.4 is 9.47 Å². The topological polar surface area (TPSA) is 69.7 Å². The van der Waals surface area contributed by atoms with Crippen molar-refractivity contribution in [2.45, 2.75) is 11.8 Å². The first-order chi connectivity index (χ1) is 11.4. The van der Waals surface area contributed by atoms with Gasteiger partial charge < -0.3 is 9.47 Å². The van der Waals surface area contributed by atoms with Crippen LogP contribution >= 0.6 is 0 Å². The Morgan fingerprint density at radius 3 is 2.54 bits per heavy atom. The van der Waals surface area contributed by atoms with Crippen molar-refractivity contribution in [3.8, 4) is 11.5 Å². The maximum atomic E-state index is 12.6. The van der Waals surface area contributed by atoms with Crippen molar-refractivity contribution in [3.05, 3.63) is 53.6 Å². The first-order valence-electron chi connectivity index (χ1n) is 7.55. The van der Waals surface area contributed by atoms with Crippen LogP contribution in [0.15, 0.2) is 47.4 Å². The van der Waals surface area contributed by atoms with Crippen molar-refractivity contribution >= 4 is 15.6 Å². The highest BCUT2D eigenvalue weighted by molar-refractivity contribution is 7.91. The van der Waals surface area contributed by atoms with Crippen molar-refractivity contribution in [1.29, 1.82) is 0 Å². The molecular weight excluding hydrogens is 328 g/mol. The number of fused-ring (bicyclic) bond motifs is 1. The zero-order valence-corrected chi connectivity index (χ0v) is 14.3. The van der Waals surface area contributed by atoms with Gasteiger partial charge in [0.1, 0.15) is 11.5 Å². The molecule has 0 N–H and O–H groups in total. The minimum Gasteiger partial charge on any atom is -0.497 e. The average Bonchev–Trinajstić information content (AvgIpc) is 2.57. The maximum absolute atomic E-state index is 12.6. The van der Waals surface area contributed by atoms with E-state index in [2.05, 4.69) is 0 Å². The Morgan fingerprint density at radius 2 is 1.88 bits per heavy atom. The van der Waals surface area contributed by atoms with Crippen LogP contribution in [0.2, 0.25) is 0 Å². The van der Waals surface area contributed by atoms with Gasteiger partial charge in [-0.15, -0.1) is 0 Å². The van der Waals surface area contributed by atoms with Crippen LogP contribution in [0.5, 0.6) is 11.5 Å². The lowest BCUT2D eigenvalue weighted by Crippen LogP contribution is -2.33. The highest BCUT2D eigenvalue weighted by atomic mass is 32.2. The van der Waals surface area contributed by atoms with E-state index in [0.717, 1.165) is 5.56 Å². The maximum Gasteiger partial charge on any atom is 0.179 e. The van der Waals surface area contributed by atoms with Gasteiger partial charge in [0.15, 0.2) is 15.6 Å². The summed E-state index contributed by atoms with van der Waals surface area (Å²) in [5.41, 5.74) is 1.38. The summed E-state index contributed by atoms with van der Waals surface area (Å²) in [6.45, 7) is 1.93. The third-order valence-electron chi connectivity index (χ3n) is 4.07. The molecule has 24 heavy (non-hydrogen) atoms. The Kier molecular flexibility index (Phi) is 4.32. The molecular formula is C18H18O5S. The number of rotatable bonds is 4. The van der Waals surface area contributed by atoms with E-state index >= 15 is 0 Å². The predicted molar refractivity (Wildman–Crippen MR) is 89.5 cm³/mol. The Bertz CT molecular complexity index is 869. The van der Waals surface area contributed by atoms with Gasteiger partial charge in [0, 0.05) is 6.07 Å². The highest BCUT2D eigenvalue weighted by Crippen LogP contribution is 2.32. The van der Waals surface area contributed by atoms with Gasteiger partial charge >= 0.3 is 0 Å². The molecule has 2 aromatic carbocycles. The van der Waals surface area contributed by atoms with E-state index in [1.165, 1.54) is 7.11 Å². The Hall–Kier alpha value is -2.34. The number of benzene rings is 2. The minimum absolute atomic E-state index is 0.0457. The fourth-order valence-corrected chi connectivity index (χ4v) is 4.19. The summed E-state index contributed by atoms with van der Waals surface area (Å²) in [6, 6.07) is 11.5. The molecule has 0 aromatic heterocycles. The van der Waals surface area contributed by atoms with Crippen molar-refractivity contribution in [1.82, 2.24) is 0 Å². The normalized spacial score (nSPS) is 17.1. The first-order valence-corrected chi connectivity index (χ1v) is 9.20. The van der Waals surface area contributed by atoms with Gasteiger partial charge in [-0.25, -0.2) is 8.42 Å². The summed E-state index contributed by atoms with van der Waals surface area (Å²) >= 11 is 0. The quantitative estimate of drug-likeness (QED) is 0.851. The predicted octanol–water partition coefficient (Wildman–Crippen LogP) is 2.67. The highest BCUT2D eigenvalue weighted by Gasteiger charge is 2.33. The number of carbonyl (C=O) groups excluding carboxylic acids is 1. The van der Waals surface area contributed by atoms with E-state index in [0.29, 0.717) is 17.1 Å². The molecule has 0 radical (unpaired) electrons. The van der Waals surface area contributed by atoms with E-state index in [1.807, 2.05) is 6.92 Å². The molecule has 1 atom stereocenters. The smallest absolute Gasteiger partial charge is 0.179 e. The van der Waals surface area contributed by atoms with Gasteiger partial charge in [-0.05, 0) is 31.2 Å². The number of carbonyl (C=O) groups is 1. The molecule has 126 valence electrons. The Morgan fingerprint density at radius 1 is 1.17 bits per heavy atom. The molecule has 0 saturated carbocycles. The molecule has 3 rings (SSSR count). The van der Waals surface area contributed by atoms with Gasteiger partial charge in [-0.1, -0.05) is 17.7 Å². The molecule has 0 bridgehead atoms. The summed E-state index contributed by atoms with van der Waals surface area (Å²) in [5, 5.41) is 0. The van der Waals surface area contributed by atoms with Crippen molar-refractivity contribution in [2.24, 2.45) is 5.92 Å². The van der Waals surface area contributed by atoms with Gasteiger partial charge in [-0.3, -0.25) is 4.79 Å². The van der Waals surface area contributed by atoms with Gasteiger partial charge in [0.2, 0.25) is 0 Å². The molecule has 0 unspecified atom stereocenters. The van der Waals surface area contributed by atoms with Crippen LogP contribution in [-0.2, 0) is 9.84 Å². The van der Waals surface area contributed by atoms with Crippen LogP contribution in [-0.4, -0.2) is 33.7 Å². The van der Waals surface area contributed by atoms with Crippen LogP contribution in [0, 0.1) is 12.8 Å². The standard InChI is InChI=1S/C18H18O5S/c1-12-3-6-15(7-4-12)24(20,21)11-13-10-23-17-9-14(22-2)5-8-16(17)18(13)19/h3-9,13H,10-11H2,1-2H3/t13-/m1/s1. The Balaban J connectivity index is 1.83. The zero-order valence-electron chi connectivity index (χ0n) is 13.5. The van der Waals surface area contributed by atoms with E-state index < -0.39 is 15.8 Å². The molecule has 6 heteroatoms. The number of aryl methyl sites for hydroxylation is 1. The lowest BCUT2D eigenvalue weighted by atomic mass is 9.96. The molecule has 1 heterocycles. The van der Waals surface area contributed by atoms with Crippen LogP contribution in [0.3, 0.4) is 0 Å². The van der Waals surface area contributed by atoms with Crippen LogP contribution in [0.25, 0.3) is 0 Å². The number of hydrogen-bond acceptors (Lipinski definition) is 5. The lowest BCUT2D eigenvalue weighted by Gasteiger charge is -2.24. The number of Topliss-reactive ketones (excluding diaryl/α,β-unsaturated/α-hetero) is 1. The van der Waals surface area contributed by atoms with Gasteiger partial charge in [0.05, 0.1) is 35.8 Å². The second-order valence-corrected chi connectivity index (χ2v) is 7.86. The summed E-state index contributed by atoms with van der Waals surface area (Å²) in [6.07, 6.45) is 0. The molecule has 0 spiro atoms. The van der Waals surface area contributed by atoms with Crippen LogP contribution in [0.4, 0.5) is 0 Å².